The number of rotatable bonds is 5. The molecular formula is C19H16ClN3O. The number of carbonyl (C=O) groups is 1. The van der Waals surface area contributed by atoms with Crippen molar-refractivity contribution >= 4 is 17.5 Å². The topological polar surface area (TPSA) is 54.9 Å². The highest BCUT2D eigenvalue weighted by atomic mass is 35.5. The molecule has 1 heterocycles. The van der Waals surface area contributed by atoms with Crippen molar-refractivity contribution in [2.45, 2.75) is 6.42 Å². The lowest BCUT2D eigenvalue weighted by molar-refractivity contribution is 0.0954. The first-order valence-corrected chi connectivity index (χ1v) is 8.01. The Hall–Kier alpha value is -2.72. The third-order valence-corrected chi connectivity index (χ3v) is 3.88. The number of nitrogens with one attached hydrogen (secondary N) is 1. The Morgan fingerprint density at radius 2 is 1.62 bits per heavy atom. The number of benzene rings is 2. The molecule has 0 saturated carbocycles. The minimum Gasteiger partial charge on any atom is -0.352 e. The van der Waals surface area contributed by atoms with Gasteiger partial charge in [0.2, 0.25) is 0 Å². The zero-order chi connectivity index (χ0) is 16.8. The van der Waals surface area contributed by atoms with Gasteiger partial charge in [-0.2, -0.15) is 0 Å². The van der Waals surface area contributed by atoms with Crippen LogP contribution in [0.5, 0.6) is 0 Å². The van der Waals surface area contributed by atoms with Crippen LogP contribution in [0.2, 0.25) is 5.02 Å². The molecule has 1 N–H and O–H groups in total. The summed E-state index contributed by atoms with van der Waals surface area (Å²) in [6.07, 6.45) is 4.24. The maximum atomic E-state index is 12.1. The van der Waals surface area contributed by atoms with Gasteiger partial charge in [0.1, 0.15) is 0 Å². The van der Waals surface area contributed by atoms with Crippen LogP contribution in [-0.2, 0) is 6.42 Å². The number of hydrogen-bond acceptors (Lipinski definition) is 3. The van der Waals surface area contributed by atoms with Crippen molar-refractivity contribution < 1.29 is 4.79 Å². The minimum absolute atomic E-state index is 0.178. The van der Waals surface area contributed by atoms with E-state index in [4.69, 9.17) is 11.6 Å². The largest absolute Gasteiger partial charge is 0.352 e. The van der Waals surface area contributed by atoms with Crippen molar-refractivity contribution in [2.24, 2.45) is 0 Å². The van der Waals surface area contributed by atoms with E-state index in [1.54, 1.807) is 36.7 Å². The van der Waals surface area contributed by atoms with Gasteiger partial charge in [-0.05, 0) is 24.1 Å². The lowest BCUT2D eigenvalue weighted by Crippen LogP contribution is -2.26. The van der Waals surface area contributed by atoms with Gasteiger partial charge in [-0.3, -0.25) is 4.79 Å². The van der Waals surface area contributed by atoms with Gasteiger partial charge in [0.05, 0.1) is 10.6 Å². The molecule has 0 saturated heterocycles. The number of amides is 1. The van der Waals surface area contributed by atoms with E-state index in [1.807, 2.05) is 30.3 Å². The van der Waals surface area contributed by atoms with Crippen LogP contribution in [0.15, 0.2) is 67.0 Å². The van der Waals surface area contributed by atoms with Gasteiger partial charge in [-0.25, -0.2) is 9.97 Å². The monoisotopic (exact) mass is 337 g/mol. The van der Waals surface area contributed by atoms with E-state index < -0.39 is 0 Å². The van der Waals surface area contributed by atoms with E-state index in [0.29, 0.717) is 29.4 Å². The van der Waals surface area contributed by atoms with E-state index in [0.717, 1.165) is 11.1 Å². The molecule has 0 aliphatic rings. The van der Waals surface area contributed by atoms with Gasteiger partial charge < -0.3 is 5.32 Å². The molecule has 0 atom stereocenters. The molecule has 0 spiro atoms. The maximum Gasteiger partial charge on any atom is 0.252 e. The Morgan fingerprint density at radius 1 is 0.958 bits per heavy atom. The summed E-state index contributed by atoms with van der Waals surface area (Å²) in [5.74, 6) is 0.516. The first kappa shape index (κ1) is 16.1. The van der Waals surface area contributed by atoms with Crippen molar-refractivity contribution in [3.05, 3.63) is 83.1 Å². The van der Waals surface area contributed by atoms with E-state index in [9.17, 15) is 4.79 Å². The lowest BCUT2D eigenvalue weighted by atomic mass is 10.2. The summed E-state index contributed by atoms with van der Waals surface area (Å²) in [6, 6.07) is 16.8. The molecule has 4 nitrogen and oxygen atoms in total. The van der Waals surface area contributed by atoms with Crippen LogP contribution in [-0.4, -0.2) is 22.4 Å². The Balaban J connectivity index is 1.56. The Bertz CT molecular complexity index is 820. The molecule has 0 fully saturated rings. The molecule has 3 rings (SSSR count). The molecule has 5 heteroatoms. The van der Waals surface area contributed by atoms with Crippen LogP contribution in [0.4, 0.5) is 0 Å². The summed E-state index contributed by atoms with van der Waals surface area (Å²) in [5, 5.41) is 3.31. The number of aromatic nitrogens is 2. The normalized spacial score (nSPS) is 10.4. The summed E-state index contributed by atoms with van der Waals surface area (Å²) in [5.41, 5.74) is 2.43. The molecule has 0 bridgehead atoms. The van der Waals surface area contributed by atoms with Gasteiger partial charge in [0.15, 0.2) is 5.82 Å². The standard InChI is InChI=1S/C19H16ClN3O/c20-17-9-5-4-8-16(17)19(24)21-11-10-14-12-22-18(23-13-14)15-6-2-1-3-7-15/h1-9,12-13H,10-11H2,(H,21,24). The summed E-state index contributed by atoms with van der Waals surface area (Å²) < 4.78 is 0. The smallest absolute Gasteiger partial charge is 0.252 e. The van der Waals surface area contributed by atoms with Crippen molar-refractivity contribution in [3.8, 4) is 11.4 Å². The average Bonchev–Trinajstić information content (AvgIpc) is 2.63. The fourth-order valence-electron chi connectivity index (χ4n) is 2.28. The summed E-state index contributed by atoms with van der Waals surface area (Å²) >= 11 is 6.01. The maximum absolute atomic E-state index is 12.1. The molecule has 1 amide bonds. The average molecular weight is 338 g/mol. The van der Waals surface area contributed by atoms with E-state index in [2.05, 4.69) is 15.3 Å². The molecule has 24 heavy (non-hydrogen) atoms. The molecule has 0 aliphatic carbocycles. The fourth-order valence-corrected chi connectivity index (χ4v) is 2.50. The number of hydrogen-bond donors (Lipinski definition) is 1. The van der Waals surface area contributed by atoms with Gasteiger partial charge >= 0.3 is 0 Å². The van der Waals surface area contributed by atoms with Crippen molar-refractivity contribution in [1.82, 2.24) is 15.3 Å². The molecular weight excluding hydrogens is 322 g/mol. The second kappa shape index (κ2) is 7.70. The zero-order valence-electron chi connectivity index (χ0n) is 12.9. The summed E-state index contributed by atoms with van der Waals surface area (Å²) in [4.78, 5) is 20.8. The highest BCUT2D eigenvalue weighted by Crippen LogP contribution is 2.15. The van der Waals surface area contributed by atoms with Crippen LogP contribution in [0.25, 0.3) is 11.4 Å². The van der Waals surface area contributed by atoms with Gasteiger partial charge in [0.25, 0.3) is 5.91 Å². The van der Waals surface area contributed by atoms with Crippen molar-refractivity contribution in [2.75, 3.05) is 6.54 Å². The first-order chi connectivity index (χ1) is 11.7. The molecule has 0 radical (unpaired) electrons. The Morgan fingerprint density at radius 3 is 2.33 bits per heavy atom. The van der Waals surface area contributed by atoms with Crippen LogP contribution in [0, 0.1) is 0 Å². The SMILES string of the molecule is O=C(NCCc1cnc(-c2ccccc2)nc1)c1ccccc1Cl. The van der Waals surface area contributed by atoms with Crippen LogP contribution >= 0.6 is 11.6 Å². The van der Waals surface area contributed by atoms with Crippen LogP contribution < -0.4 is 5.32 Å². The van der Waals surface area contributed by atoms with Gasteiger partial charge in [-0.1, -0.05) is 54.1 Å². The minimum atomic E-state index is -0.178. The second-order valence-corrected chi connectivity index (χ2v) is 5.67. The van der Waals surface area contributed by atoms with E-state index in [1.165, 1.54) is 0 Å². The third-order valence-electron chi connectivity index (χ3n) is 3.56. The van der Waals surface area contributed by atoms with E-state index in [-0.39, 0.29) is 5.91 Å². The number of nitrogens with zero attached hydrogens (tertiary/aromatic N) is 2. The Labute approximate surface area is 145 Å². The van der Waals surface area contributed by atoms with Crippen LogP contribution in [0.1, 0.15) is 15.9 Å². The van der Waals surface area contributed by atoms with E-state index >= 15 is 0 Å². The molecule has 120 valence electrons. The molecule has 3 aromatic rings. The second-order valence-electron chi connectivity index (χ2n) is 5.27. The third kappa shape index (κ3) is 3.97. The summed E-state index contributed by atoms with van der Waals surface area (Å²) in [6.45, 7) is 0.498. The predicted octanol–water partition coefficient (Wildman–Crippen LogP) is 3.77. The van der Waals surface area contributed by atoms with Gasteiger partial charge in [-0.15, -0.1) is 0 Å². The highest BCUT2D eigenvalue weighted by Gasteiger charge is 2.08. The Kier molecular flexibility index (Phi) is 5.18. The fraction of sp³-hybridized carbons (Fsp3) is 0.105. The lowest BCUT2D eigenvalue weighted by Gasteiger charge is -2.07. The first-order valence-electron chi connectivity index (χ1n) is 7.63. The predicted molar refractivity (Wildman–Crippen MR) is 95.0 cm³/mol. The number of carbonyl (C=O) groups excluding carboxylic acids is 1. The van der Waals surface area contributed by atoms with Crippen molar-refractivity contribution in [1.29, 1.82) is 0 Å². The summed E-state index contributed by atoms with van der Waals surface area (Å²) in [7, 11) is 0. The number of halogens is 1. The van der Waals surface area contributed by atoms with Gasteiger partial charge in [0, 0.05) is 24.5 Å². The molecule has 0 unspecified atom stereocenters. The molecule has 2 aromatic carbocycles. The zero-order valence-corrected chi connectivity index (χ0v) is 13.7. The van der Waals surface area contributed by atoms with Crippen molar-refractivity contribution in [3.63, 3.8) is 0 Å². The highest BCUT2D eigenvalue weighted by molar-refractivity contribution is 6.33. The quantitative estimate of drug-likeness (QED) is 0.771. The van der Waals surface area contributed by atoms with Crippen LogP contribution in [0.3, 0.4) is 0 Å². The molecule has 1 aromatic heterocycles. The molecule has 0 aliphatic heterocycles.